The lowest BCUT2D eigenvalue weighted by molar-refractivity contribution is -0.135. The second-order valence-corrected chi connectivity index (χ2v) is 5.70. The van der Waals surface area contributed by atoms with E-state index in [0.717, 1.165) is 6.07 Å². The number of fused-ring (bicyclic) bond motifs is 2. The van der Waals surface area contributed by atoms with Crippen molar-refractivity contribution in [2.45, 2.75) is 18.9 Å². The van der Waals surface area contributed by atoms with Crippen molar-refractivity contribution in [3.63, 3.8) is 0 Å². The highest BCUT2D eigenvalue weighted by Gasteiger charge is 2.47. The normalized spacial score (nSPS) is 23.8. The topological polar surface area (TPSA) is 124 Å². The summed E-state index contributed by atoms with van der Waals surface area (Å²) in [5, 5.41) is 40.2. The molecule has 0 heterocycles. The number of ether oxygens (including phenoxy) is 1. The monoisotopic (exact) mass is 318 g/mol. The number of ketones is 2. The molecule has 7 heteroatoms. The summed E-state index contributed by atoms with van der Waals surface area (Å²) < 4.78 is 4.97. The van der Waals surface area contributed by atoms with Gasteiger partial charge >= 0.3 is 0 Å². The number of allylic oxidation sites excluding steroid dienone is 1. The van der Waals surface area contributed by atoms with Crippen LogP contribution in [0.2, 0.25) is 0 Å². The zero-order valence-electron chi connectivity index (χ0n) is 12.4. The lowest BCUT2D eigenvalue weighted by atomic mass is 9.73. The number of rotatable bonds is 1. The average Bonchev–Trinajstić information content (AvgIpc) is 2.49. The summed E-state index contributed by atoms with van der Waals surface area (Å²) in [6, 6.07) is 2.41. The summed E-state index contributed by atoms with van der Waals surface area (Å²) in [5.74, 6) is -3.51. The Morgan fingerprint density at radius 1 is 1.17 bits per heavy atom. The zero-order valence-corrected chi connectivity index (χ0v) is 12.4. The van der Waals surface area contributed by atoms with Crippen molar-refractivity contribution < 1.29 is 34.8 Å². The molecule has 0 amide bonds. The summed E-state index contributed by atoms with van der Waals surface area (Å²) in [7, 11) is 1.17. The molecule has 7 nitrogen and oxygen atoms in total. The Balaban J connectivity index is 2.41. The number of Topliss-reactive ketones (excluding diaryl/α,β-unsaturated/α-hetero) is 2. The molecule has 0 aromatic heterocycles. The summed E-state index contributed by atoms with van der Waals surface area (Å²) in [5.41, 5.74) is -2.27. The van der Waals surface area contributed by atoms with Crippen molar-refractivity contribution in [1.82, 2.24) is 0 Å². The van der Waals surface area contributed by atoms with E-state index < -0.39 is 28.7 Å². The van der Waals surface area contributed by atoms with Gasteiger partial charge in [-0.25, -0.2) is 0 Å². The van der Waals surface area contributed by atoms with Crippen LogP contribution in [0.1, 0.15) is 29.3 Å². The molecule has 2 aliphatic rings. The van der Waals surface area contributed by atoms with Crippen LogP contribution in [-0.2, 0) is 9.53 Å². The van der Waals surface area contributed by atoms with Crippen molar-refractivity contribution in [2.24, 2.45) is 0 Å². The Labute approximate surface area is 130 Å². The van der Waals surface area contributed by atoms with Crippen LogP contribution in [0, 0.1) is 0 Å². The SMILES string of the molecule is COC1=C2C(=O)c3c(ccc(O)c3O)C(O)=C2CC(C)(O)C1=O. The van der Waals surface area contributed by atoms with E-state index in [1.165, 1.54) is 20.1 Å². The largest absolute Gasteiger partial charge is 0.507 e. The Kier molecular flexibility index (Phi) is 3.02. The van der Waals surface area contributed by atoms with Gasteiger partial charge in [0, 0.05) is 17.6 Å². The quantitative estimate of drug-likeness (QED) is 0.573. The molecule has 3 rings (SSSR count). The van der Waals surface area contributed by atoms with E-state index in [1.807, 2.05) is 0 Å². The fourth-order valence-corrected chi connectivity index (χ4v) is 2.94. The number of carbonyl (C=O) groups is 2. The van der Waals surface area contributed by atoms with Crippen LogP contribution in [0.3, 0.4) is 0 Å². The van der Waals surface area contributed by atoms with Gasteiger partial charge in [0.1, 0.15) is 11.4 Å². The van der Waals surface area contributed by atoms with E-state index in [9.17, 15) is 30.0 Å². The second kappa shape index (κ2) is 4.60. The van der Waals surface area contributed by atoms with Gasteiger partial charge < -0.3 is 25.2 Å². The molecule has 4 N–H and O–H groups in total. The number of hydrogen-bond acceptors (Lipinski definition) is 7. The molecule has 23 heavy (non-hydrogen) atoms. The molecule has 0 aliphatic heterocycles. The van der Waals surface area contributed by atoms with Crippen LogP contribution in [-0.4, -0.2) is 44.7 Å². The summed E-state index contributed by atoms with van der Waals surface area (Å²) in [4.78, 5) is 25.0. The number of aliphatic hydroxyl groups excluding tert-OH is 1. The van der Waals surface area contributed by atoms with Crippen molar-refractivity contribution in [3.8, 4) is 11.5 Å². The first-order valence-electron chi connectivity index (χ1n) is 6.78. The maximum atomic E-state index is 12.7. The number of hydrogen-bond donors (Lipinski definition) is 4. The lowest BCUT2D eigenvalue weighted by Gasteiger charge is -2.33. The minimum absolute atomic E-state index is 0.0182. The van der Waals surface area contributed by atoms with Crippen LogP contribution < -0.4 is 0 Å². The Morgan fingerprint density at radius 3 is 2.43 bits per heavy atom. The number of carbonyl (C=O) groups excluding carboxylic acids is 2. The van der Waals surface area contributed by atoms with Gasteiger partial charge in [0.25, 0.3) is 0 Å². The highest BCUT2D eigenvalue weighted by Crippen LogP contribution is 2.46. The number of methoxy groups -OCH3 is 1. The first-order chi connectivity index (χ1) is 10.7. The molecule has 0 bridgehead atoms. The van der Waals surface area contributed by atoms with Gasteiger partial charge in [-0.2, -0.15) is 0 Å². The van der Waals surface area contributed by atoms with Gasteiger partial charge in [0.2, 0.25) is 11.6 Å². The molecule has 0 saturated heterocycles. The molecule has 0 saturated carbocycles. The van der Waals surface area contributed by atoms with Gasteiger partial charge in [0.15, 0.2) is 17.3 Å². The maximum Gasteiger partial charge on any atom is 0.229 e. The third-order valence-corrected chi connectivity index (χ3v) is 4.10. The van der Waals surface area contributed by atoms with E-state index >= 15 is 0 Å². The standard InChI is InChI=1S/C16H14O7/c1-16(22)5-7-10(14(23-2)15(16)21)13(20)9-6(11(7)18)3-4-8(17)12(9)19/h3-4,17-19,22H,5H2,1-2H3. The molecule has 2 aliphatic carbocycles. The van der Waals surface area contributed by atoms with Crippen molar-refractivity contribution in [2.75, 3.05) is 7.11 Å². The third-order valence-electron chi connectivity index (χ3n) is 4.10. The van der Waals surface area contributed by atoms with Crippen molar-refractivity contribution in [1.29, 1.82) is 0 Å². The van der Waals surface area contributed by atoms with E-state index in [0.29, 0.717) is 0 Å². The van der Waals surface area contributed by atoms with Gasteiger partial charge in [0.05, 0.1) is 18.2 Å². The first-order valence-corrected chi connectivity index (χ1v) is 6.78. The fourth-order valence-electron chi connectivity index (χ4n) is 2.94. The van der Waals surface area contributed by atoms with Crippen LogP contribution >= 0.6 is 0 Å². The molecule has 0 fully saturated rings. The Hall–Kier alpha value is -2.80. The molecule has 1 aromatic rings. The first kappa shape index (κ1) is 15.1. The third kappa shape index (κ3) is 1.86. The molecular formula is C16H14O7. The minimum Gasteiger partial charge on any atom is -0.507 e. The maximum absolute atomic E-state index is 12.7. The van der Waals surface area contributed by atoms with Gasteiger partial charge in [-0.15, -0.1) is 0 Å². The Bertz CT molecular complexity index is 827. The smallest absolute Gasteiger partial charge is 0.229 e. The predicted molar refractivity (Wildman–Crippen MR) is 77.9 cm³/mol. The fraction of sp³-hybridized carbons (Fsp3) is 0.250. The molecular weight excluding hydrogens is 304 g/mol. The van der Waals surface area contributed by atoms with Crippen LogP contribution in [0.4, 0.5) is 0 Å². The summed E-state index contributed by atoms with van der Waals surface area (Å²) >= 11 is 0. The highest BCUT2D eigenvalue weighted by atomic mass is 16.5. The summed E-state index contributed by atoms with van der Waals surface area (Å²) in [6.07, 6.45) is -0.271. The molecule has 0 spiro atoms. The van der Waals surface area contributed by atoms with E-state index in [2.05, 4.69) is 0 Å². The van der Waals surface area contributed by atoms with Crippen LogP contribution in [0.25, 0.3) is 5.76 Å². The molecule has 1 aromatic carbocycles. The Morgan fingerprint density at radius 2 is 1.83 bits per heavy atom. The minimum atomic E-state index is -1.82. The lowest BCUT2D eigenvalue weighted by Crippen LogP contribution is -2.43. The molecule has 1 atom stereocenters. The van der Waals surface area contributed by atoms with Crippen LogP contribution in [0.15, 0.2) is 29.0 Å². The number of benzene rings is 1. The van der Waals surface area contributed by atoms with E-state index in [-0.39, 0.29) is 40.2 Å². The number of phenols is 2. The van der Waals surface area contributed by atoms with Crippen molar-refractivity contribution >= 4 is 17.3 Å². The van der Waals surface area contributed by atoms with Crippen molar-refractivity contribution in [3.05, 3.63) is 40.2 Å². The second-order valence-electron chi connectivity index (χ2n) is 5.70. The zero-order chi connectivity index (χ0) is 17.1. The molecule has 0 radical (unpaired) electrons. The van der Waals surface area contributed by atoms with Gasteiger partial charge in [-0.3, -0.25) is 9.59 Å². The molecule has 1 unspecified atom stereocenters. The number of phenolic OH excluding ortho intramolecular Hbond substituents is 2. The van der Waals surface area contributed by atoms with Gasteiger partial charge in [-0.05, 0) is 19.1 Å². The predicted octanol–water partition coefficient (Wildman–Crippen LogP) is 1.19. The number of aliphatic hydroxyl groups is 2. The average molecular weight is 318 g/mol. The van der Waals surface area contributed by atoms with E-state index in [1.54, 1.807) is 0 Å². The van der Waals surface area contributed by atoms with Gasteiger partial charge in [-0.1, -0.05) is 0 Å². The number of aromatic hydroxyl groups is 2. The molecule has 120 valence electrons. The summed E-state index contributed by atoms with van der Waals surface area (Å²) in [6.45, 7) is 1.26. The van der Waals surface area contributed by atoms with Crippen LogP contribution in [0.5, 0.6) is 11.5 Å². The van der Waals surface area contributed by atoms with E-state index in [4.69, 9.17) is 4.74 Å². The highest BCUT2D eigenvalue weighted by molar-refractivity contribution is 6.24.